The van der Waals surface area contributed by atoms with Crippen molar-refractivity contribution in [2.24, 2.45) is 0 Å². The molecule has 0 aromatic rings. The van der Waals surface area contributed by atoms with E-state index in [0.29, 0.717) is 0 Å². The average Bonchev–Trinajstić information content (AvgIpc) is 2.75. The molecule has 0 heterocycles. The standard InChI is InChI=1S/C14HF27O/c15-1(2(16)4(19,20)21)3(17,18)5(22,23)6(24,25)7(26,27)8(28,29)9(30,31)10(32,33)11(34,35)12(36,37)13(38,39)14(40,41)42/h42H. The van der Waals surface area contributed by atoms with E-state index in [2.05, 4.69) is 0 Å². The van der Waals surface area contributed by atoms with Crippen LogP contribution in [0.4, 0.5) is 119 Å². The number of halogens is 27. The molecule has 0 aromatic carbocycles. The lowest BCUT2D eigenvalue weighted by Crippen LogP contribution is -2.77. The van der Waals surface area contributed by atoms with Crippen molar-refractivity contribution in [1.82, 2.24) is 0 Å². The van der Waals surface area contributed by atoms with Crippen LogP contribution in [0.2, 0.25) is 0 Å². The molecule has 0 saturated heterocycles. The molecular formula is C14HF27O. The molecule has 42 heavy (non-hydrogen) atoms. The predicted molar refractivity (Wildman–Crippen MR) is 71.9 cm³/mol. The molecule has 28 heteroatoms. The summed E-state index contributed by atoms with van der Waals surface area (Å²) in [7, 11) is 0. The molecule has 0 aliphatic heterocycles. The molecule has 0 aliphatic carbocycles. The zero-order chi connectivity index (χ0) is 35.2. The third-order valence-electron chi connectivity index (χ3n) is 4.64. The molecule has 0 spiro atoms. The Morgan fingerprint density at radius 3 is 0.667 bits per heavy atom. The van der Waals surface area contributed by atoms with Gasteiger partial charge < -0.3 is 5.11 Å². The van der Waals surface area contributed by atoms with Crippen molar-refractivity contribution >= 4 is 0 Å². The summed E-state index contributed by atoms with van der Waals surface area (Å²) < 4.78 is 352. The minimum Gasteiger partial charge on any atom is -0.331 e. The number of rotatable bonds is 11. The van der Waals surface area contributed by atoms with Gasteiger partial charge in [-0.2, -0.15) is 114 Å². The molecule has 1 nitrogen and oxygen atoms in total. The van der Waals surface area contributed by atoms with E-state index in [-0.39, 0.29) is 0 Å². The van der Waals surface area contributed by atoms with Crippen LogP contribution in [0.15, 0.2) is 11.7 Å². The molecule has 0 amide bonds. The highest BCUT2D eigenvalue weighted by molar-refractivity contribution is 5.24. The highest BCUT2D eigenvalue weighted by Gasteiger charge is 2.98. The molecule has 0 fully saturated rings. The zero-order valence-corrected chi connectivity index (χ0v) is 17.7. The van der Waals surface area contributed by atoms with Gasteiger partial charge in [0, 0.05) is 0 Å². The maximum atomic E-state index is 13.5. The lowest BCUT2D eigenvalue weighted by molar-refractivity contribution is -0.482. The summed E-state index contributed by atoms with van der Waals surface area (Å²) in [6.45, 7) is 0. The highest BCUT2D eigenvalue weighted by atomic mass is 19.4. The number of hydrogen-bond donors (Lipinski definition) is 1. The van der Waals surface area contributed by atoms with E-state index in [9.17, 15) is 119 Å². The van der Waals surface area contributed by atoms with Gasteiger partial charge in [-0.05, 0) is 0 Å². The fourth-order valence-electron chi connectivity index (χ4n) is 2.17. The summed E-state index contributed by atoms with van der Waals surface area (Å²) >= 11 is 0. The second-order valence-corrected chi connectivity index (χ2v) is 7.41. The lowest BCUT2D eigenvalue weighted by Gasteiger charge is -2.45. The molecule has 0 rings (SSSR count). The fourth-order valence-corrected chi connectivity index (χ4v) is 2.17. The van der Waals surface area contributed by atoms with E-state index in [4.69, 9.17) is 5.11 Å². The smallest absolute Gasteiger partial charge is 0.331 e. The average molecular weight is 698 g/mol. The van der Waals surface area contributed by atoms with Crippen LogP contribution in [-0.2, 0) is 0 Å². The SMILES string of the molecule is OC(F)(F)C(F)(F)C(F)(F)C(F)(F)C(F)(F)C(F)(F)C(F)(F)C(F)(F)C(F)(F)C(F)(F)C(F)(F)C(F)=C(F)C(F)(F)F. The van der Waals surface area contributed by atoms with E-state index in [0.717, 1.165) is 0 Å². The lowest BCUT2D eigenvalue weighted by atomic mass is 9.85. The predicted octanol–water partition coefficient (Wildman–Crippen LogP) is 8.64. The summed E-state index contributed by atoms with van der Waals surface area (Å²) in [5.74, 6) is -104. The Morgan fingerprint density at radius 1 is 0.286 bits per heavy atom. The van der Waals surface area contributed by atoms with Crippen LogP contribution in [0.5, 0.6) is 0 Å². The first kappa shape index (κ1) is 39.8. The summed E-state index contributed by atoms with van der Waals surface area (Å²) in [5, 5.41) is 7.43. The molecular weight excluding hydrogens is 697 g/mol. The Hall–Kier alpha value is -2.19. The number of alkyl halides is 25. The fraction of sp³-hybridized carbons (Fsp3) is 0.857. The molecule has 0 aliphatic rings. The first-order valence-corrected chi connectivity index (χ1v) is 8.58. The van der Waals surface area contributed by atoms with Gasteiger partial charge in [-0.25, -0.2) is 4.39 Å². The normalized spacial score (nSPS) is 17.4. The Balaban J connectivity index is 7.43. The van der Waals surface area contributed by atoms with Crippen molar-refractivity contribution < 1.29 is 124 Å². The van der Waals surface area contributed by atoms with Crippen LogP contribution in [0.1, 0.15) is 0 Å². The van der Waals surface area contributed by atoms with Crippen molar-refractivity contribution in [3.63, 3.8) is 0 Å². The minimum absolute atomic E-state index is 5.24. The van der Waals surface area contributed by atoms with Gasteiger partial charge in [0.1, 0.15) is 0 Å². The van der Waals surface area contributed by atoms with E-state index in [1.54, 1.807) is 0 Å². The number of allylic oxidation sites excluding steroid dienone is 2. The third kappa shape index (κ3) is 4.75. The molecule has 0 atom stereocenters. The second kappa shape index (κ2) is 9.65. The molecule has 1 N–H and O–H groups in total. The van der Waals surface area contributed by atoms with E-state index >= 15 is 0 Å². The largest absolute Gasteiger partial charge is 0.445 e. The Labute approximate surface area is 208 Å². The minimum atomic E-state index is -9.72. The van der Waals surface area contributed by atoms with E-state index in [1.807, 2.05) is 0 Å². The topological polar surface area (TPSA) is 20.2 Å². The van der Waals surface area contributed by atoms with Crippen molar-refractivity contribution in [3.05, 3.63) is 11.7 Å². The zero-order valence-electron chi connectivity index (χ0n) is 17.7. The monoisotopic (exact) mass is 698 g/mol. The molecule has 0 saturated carbocycles. The van der Waals surface area contributed by atoms with Gasteiger partial charge in [-0.3, -0.25) is 0 Å². The van der Waals surface area contributed by atoms with Gasteiger partial charge in [0.25, 0.3) is 0 Å². The van der Waals surface area contributed by atoms with Gasteiger partial charge >= 0.3 is 71.5 Å². The van der Waals surface area contributed by atoms with Crippen molar-refractivity contribution in [1.29, 1.82) is 0 Å². The highest BCUT2D eigenvalue weighted by Crippen LogP contribution is 2.67. The third-order valence-corrected chi connectivity index (χ3v) is 4.64. The molecule has 0 unspecified atom stereocenters. The Morgan fingerprint density at radius 2 is 0.476 bits per heavy atom. The van der Waals surface area contributed by atoms with Gasteiger partial charge in [0.15, 0.2) is 0 Å². The van der Waals surface area contributed by atoms with Crippen LogP contribution >= 0.6 is 0 Å². The number of aliphatic hydroxyl groups is 1. The van der Waals surface area contributed by atoms with Crippen LogP contribution in [0.25, 0.3) is 0 Å². The number of hydrogen-bond acceptors (Lipinski definition) is 1. The van der Waals surface area contributed by atoms with Gasteiger partial charge in [0.2, 0.25) is 11.7 Å². The molecule has 0 bridgehead atoms. The van der Waals surface area contributed by atoms with Crippen molar-refractivity contribution in [3.8, 4) is 0 Å². The van der Waals surface area contributed by atoms with E-state index in [1.165, 1.54) is 0 Å². The van der Waals surface area contributed by atoms with Gasteiger partial charge in [-0.15, -0.1) is 0 Å². The van der Waals surface area contributed by atoms with Crippen LogP contribution < -0.4 is 0 Å². The molecule has 0 radical (unpaired) electrons. The maximum Gasteiger partial charge on any atom is 0.445 e. The van der Waals surface area contributed by atoms with Gasteiger partial charge in [-0.1, -0.05) is 0 Å². The quantitative estimate of drug-likeness (QED) is 0.215. The van der Waals surface area contributed by atoms with Crippen molar-refractivity contribution in [2.75, 3.05) is 0 Å². The van der Waals surface area contributed by atoms with Crippen LogP contribution in [-0.4, -0.2) is 76.6 Å². The van der Waals surface area contributed by atoms with Crippen LogP contribution in [0, 0.1) is 0 Å². The maximum absolute atomic E-state index is 13.5. The van der Waals surface area contributed by atoms with Gasteiger partial charge in [0.05, 0.1) is 0 Å². The summed E-state index contributed by atoms with van der Waals surface area (Å²) in [5.41, 5.74) is 0. The molecule has 252 valence electrons. The summed E-state index contributed by atoms with van der Waals surface area (Å²) in [6, 6.07) is 0. The van der Waals surface area contributed by atoms with Crippen molar-refractivity contribution in [2.45, 2.75) is 71.5 Å². The first-order valence-electron chi connectivity index (χ1n) is 8.58. The Bertz CT molecular complexity index is 1040. The summed E-state index contributed by atoms with van der Waals surface area (Å²) in [6.07, 6.45) is -15.0. The Kier molecular flexibility index (Phi) is 9.15. The first-order chi connectivity index (χ1) is 17.6. The van der Waals surface area contributed by atoms with E-state index < -0.39 is 83.2 Å². The summed E-state index contributed by atoms with van der Waals surface area (Å²) in [4.78, 5) is 0. The second-order valence-electron chi connectivity index (χ2n) is 7.41. The van der Waals surface area contributed by atoms with Crippen LogP contribution in [0.3, 0.4) is 0 Å². The molecule has 0 aromatic heterocycles.